The van der Waals surface area contributed by atoms with Crippen LogP contribution in [0.25, 0.3) is 0 Å². The number of hydrogen-bond acceptors (Lipinski definition) is 2. The second-order valence-electron chi connectivity index (χ2n) is 4.51. The van der Waals surface area contributed by atoms with Gasteiger partial charge in [-0.15, -0.1) is 0 Å². The van der Waals surface area contributed by atoms with Crippen LogP contribution in [0.1, 0.15) is 11.1 Å². The van der Waals surface area contributed by atoms with Crippen LogP contribution < -0.4 is 11.1 Å². The van der Waals surface area contributed by atoms with Crippen molar-refractivity contribution in [1.29, 1.82) is 0 Å². The fourth-order valence-corrected chi connectivity index (χ4v) is 2.09. The molecular formula is C14H11BrF4N2. The summed E-state index contributed by atoms with van der Waals surface area (Å²) in [5.74, 6) is -0.543. The van der Waals surface area contributed by atoms with Crippen molar-refractivity contribution in [2.75, 3.05) is 11.1 Å². The summed E-state index contributed by atoms with van der Waals surface area (Å²) in [6.45, 7) is 1.66. The number of hydrogen-bond donors (Lipinski definition) is 2. The zero-order valence-corrected chi connectivity index (χ0v) is 12.4. The fourth-order valence-electron chi connectivity index (χ4n) is 1.75. The lowest BCUT2D eigenvalue weighted by molar-refractivity contribution is -0.137. The van der Waals surface area contributed by atoms with E-state index in [0.717, 1.165) is 18.2 Å². The Kier molecular flexibility index (Phi) is 4.13. The maximum absolute atomic E-state index is 13.3. The average Bonchev–Trinajstić information content (AvgIpc) is 2.37. The number of benzene rings is 2. The van der Waals surface area contributed by atoms with Crippen molar-refractivity contribution in [3.05, 3.63) is 51.7 Å². The SMILES string of the molecule is Cc1ccc(C(F)(F)F)cc1Nc1cc(Br)c(F)cc1N. The molecule has 0 saturated carbocycles. The van der Waals surface area contributed by atoms with Crippen molar-refractivity contribution in [3.63, 3.8) is 0 Å². The van der Waals surface area contributed by atoms with E-state index in [4.69, 9.17) is 5.73 Å². The fraction of sp³-hybridized carbons (Fsp3) is 0.143. The number of halogens is 5. The molecule has 0 radical (unpaired) electrons. The quantitative estimate of drug-likeness (QED) is 0.566. The van der Waals surface area contributed by atoms with Crippen LogP contribution in [-0.2, 0) is 6.18 Å². The number of nitrogens with one attached hydrogen (secondary N) is 1. The largest absolute Gasteiger partial charge is 0.416 e. The van der Waals surface area contributed by atoms with E-state index in [1.807, 2.05) is 0 Å². The third-order valence-electron chi connectivity index (χ3n) is 2.93. The lowest BCUT2D eigenvalue weighted by Crippen LogP contribution is -2.06. The van der Waals surface area contributed by atoms with Gasteiger partial charge in [-0.1, -0.05) is 6.07 Å². The maximum atomic E-state index is 13.3. The molecule has 2 aromatic rings. The summed E-state index contributed by atoms with van der Waals surface area (Å²) < 4.78 is 51.6. The highest BCUT2D eigenvalue weighted by atomic mass is 79.9. The summed E-state index contributed by atoms with van der Waals surface area (Å²) in [7, 11) is 0. The molecule has 0 atom stereocenters. The Hall–Kier alpha value is -1.76. The van der Waals surface area contributed by atoms with Crippen LogP contribution in [0.3, 0.4) is 0 Å². The average molecular weight is 363 g/mol. The zero-order chi connectivity index (χ0) is 15.8. The molecule has 0 amide bonds. The van der Waals surface area contributed by atoms with Crippen molar-refractivity contribution in [2.45, 2.75) is 13.1 Å². The van der Waals surface area contributed by atoms with Gasteiger partial charge in [-0.25, -0.2) is 4.39 Å². The topological polar surface area (TPSA) is 38.0 Å². The lowest BCUT2D eigenvalue weighted by Gasteiger charge is -2.15. The van der Waals surface area contributed by atoms with Gasteiger partial charge in [0.05, 0.1) is 21.4 Å². The Bertz CT molecular complexity index is 683. The highest BCUT2D eigenvalue weighted by Crippen LogP contribution is 2.35. The van der Waals surface area contributed by atoms with Gasteiger partial charge < -0.3 is 11.1 Å². The van der Waals surface area contributed by atoms with E-state index in [-0.39, 0.29) is 15.8 Å². The molecule has 112 valence electrons. The molecule has 0 spiro atoms. The number of alkyl halides is 3. The molecule has 0 aliphatic rings. The van der Waals surface area contributed by atoms with E-state index in [9.17, 15) is 17.6 Å². The molecule has 7 heteroatoms. The second kappa shape index (κ2) is 5.55. The van der Waals surface area contributed by atoms with E-state index in [1.54, 1.807) is 6.92 Å². The smallest absolute Gasteiger partial charge is 0.397 e. The van der Waals surface area contributed by atoms with Crippen LogP contribution in [0, 0.1) is 12.7 Å². The lowest BCUT2D eigenvalue weighted by atomic mass is 10.1. The molecule has 0 fully saturated rings. The summed E-state index contributed by atoms with van der Waals surface area (Å²) in [5.41, 5.74) is 6.20. The van der Waals surface area contributed by atoms with Gasteiger partial charge in [0.25, 0.3) is 0 Å². The molecular weight excluding hydrogens is 352 g/mol. The van der Waals surface area contributed by atoms with Gasteiger partial charge in [-0.2, -0.15) is 13.2 Å². The van der Waals surface area contributed by atoms with Crippen LogP contribution in [0.5, 0.6) is 0 Å². The molecule has 0 heterocycles. The van der Waals surface area contributed by atoms with Gasteiger partial charge in [0.1, 0.15) is 5.82 Å². The Morgan fingerprint density at radius 1 is 1.10 bits per heavy atom. The van der Waals surface area contributed by atoms with Gasteiger partial charge in [-0.3, -0.25) is 0 Å². The van der Waals surface area contributed by atoms with Crippen LogP contribution >= 0.6 is 15.9 Å². The van der Waals surface area contributed by atoms with Crippen LogP contribution in [0.15, 0.2) is 34.8 Å². The summed E-state index contributed by atoms with van der Waals surface area (Å²) >= 11 is 3.01. The van der Waals surface area contributed by atoms with Gasteiger partial charge >= 0.3 is 6.18 Å². The summed E-state index contributed by atoms with van der Waals surface area (Å²) in [4.78, 5) is 0. The molecule has 3 N–H and O–H groups in total. The maximum Gasteiger partial charge on any atom is 0.416 e. The van der Waals surface area contributed by atoms with E-state index in [0.29, 0.717) is 11.3 Å². The predicted octanol–water partition coefficient (Wildman–Crippen LogP) is 5.24. The van der Waals surface area contributed by atoms with Gasteiger partial charge in [-0.05, 0) is 46.6 Å². The molecule has 0 bridgehead atoms. The van der Waals surface area contributed by atoms with Crippen LogP contribution in [0.4, 0.5) is 34.6 Å². The molecule has 0 aromatic heterocycles. The first kappa shape index (κ1) is 15.6. The van der Waals surface area contributed by atoms with Crippen LogP contribution in [-0.4, -0.2) is 0 Å². The molecule has 0 unspecified atom stereocenters. The Morgan fingerprint density at radius 3 is 2.38 bits per heavy atom. The highest BCUT2D eigenvalue weighted by molar-refractivity contribution is 9.10. The van der Waals surface area contributed by atoms with E-state index in [1.165, 1.54) is 12.1 Å². The minimum atomic E-state index is -4.43. The molecule has 2 nitrogen and oxygen atoms in total. The highest BCUT2D eigenvalue weighted by Gasteiger charge is 2.30. The molecule has 2 aromatic carbocycles. The van der Waals surface area contributed by atoms with Gasteiger partial charge in [0, 0.05) is 11.8 Å². The first-order chi connectivity index (χ1) is 9.68. The third kappa shape index (κ3) is 3.47. The van der Waals surface area contributed by atoms with E-state index in [2.05, 4.69) is 21.2 Å². The van der Waals surface area contributed by atoms with E-state index < -0.39 is 17.6 Å². The summed E-state index contributed by atoms with van der Waals surface area (Å²) in [5, 5.41) is 2.80. The van der Waals surface area contributed by atoms with Crippen molar-refractivity contribution >= 4 is 33.0 Å². The minimum Gasteiger partial charge on any atom is -0.397 e. The molecule has 0 aliphatic carbocycles. The number of nitrogen functional groups attached to an aromatic ring is 1. The Morgan fingerprint density at radius 2 is 1.76 bits per heavy atom. The van der Waals surface area contributed by atoms with Gasteiger partial charge in [0.2, 0.25) is 0 Å². The van der Waals surface area contributed by atoms with Gasteiger partial charge in [0.15, 0.2) is 0 Å². The molecule has 0 aliphatic heterocycles. The molecule has 2 rings (SSSR count). The van der Waals surface area contributed by atoms with Crippen molar-refractivity contribution in [2.24, 2.45) is 0 Å². The minimum absolute atomic E-state index is 0.104. The Labute approximate surface area is 127 Å². The first-order valence-electron chi connectivity index (χ1n) is 5.88. The number of aryl methyl sites for hydroxylation is 1. The number of nitrogens with two attached hydrogens (primary N) is 1. The van der Waals surface area contributed by atoms with Crippen molar-refractivity contribution in [3.8, 4) is 0 Å². The van der Waals surface area contributed by atoms with E-state index >= 15 is 0 Å². The standard InChI is InChI=1S/C14H11BrF4N2/c1-7-2-3-8(14(17,18)19)4-12(7)21-13-5-9(15)10(16)6-11(13)20/h2-6,21H,20H2,1H3. The predicted molar refractivity (Wildman–Crippen MR) is 78.0 cm³/mol. The number of rotatable bonds is 2. The second-order valence-corrected chi connectivity index (χ2v) is 5.36. The monoisotopic (exact) mass is 362 g/mol. The first-order valence-corrected chi connectivity index (χ1v) is 6.67. The number of anilines is 3. The third-order valence-corrected chi connectivity index (χ3v) is 3.53. The van der Waals surface area contributed by atoms with Crippen molar-refractivity contribution in [1.82, 2.24) is 0 Å². The molecule has 0 saturated heterocycles. The Balaban J connectivity index is 2.42. The van der Waals surface area contributed by atoms with Crippen molar-refractivity contribution < 1.29 is 17.6 Å². The summed E-state index contributed by atoms with van der Waals surface area (Å²) in [6, 6.07) is 5.83. The van der Waals surface area contributed by atoms with Crippen LogP contribution in [0.2, 0.25) is 0 Å². The summed E-state index contributed by atoms with van der Waals surface area (Å²) in [6.07, 6.45) is -4.43. The molecule has 21 heavy (non-hydrogen) atoms. The normalized spacial score (nSPS) is 11.5. The zero-order valence-electron chi connectivity index (χ0n) is 10.9.